The van der Waals surface area contributed by atoms with Crippen molar-refractivity contribution in [3.63, 3.8) is 0 Å². The molecule has 0 radical (unpaired) electrons. The summed E-state index contributed by atoms with van der Waals surface area (Å²) in [5, 5.41) is 9.31. The minimum Gasteiger partial charge on any atom is -0.481 e. The van der Waals surface area contributed by atoms with Gasteiger partial charge in [0, 0.05) is 35.3 Å². The van der Waals surface area contributed by atoms with Crippen molar-refractivity contribution in [3.05, 3.63) is 28.8 Å². The fourth-order valence-corrected chi connectivity index (χ4v) is 2.36. The number of amides is 1. The molecule has 1 aromatic rings. The van der Waals surface area contributed by atoms with Crippen LogP contribution in [0, 0.1) is 11.8 Å². The van der Waals surface area contributed by atoms with Gasteiger partial charge in [-0.05, 0) is 18.2 Å². The Labute approximate surface area is 116 Å². The van der Waals surface area contributed by atoms with Gasteiger partial charge in [-0.1, -0.05) is 18.5 Å². The minimum absolute atomic E-state index is 0.0120. The Morgan fingerprint density at radius 2 is 2.05 bits per heavy atom. The summed E-state index contributed by atoms with van der Waals surface area (Å²) in [4.78, 5) is 24.6. The number of carboxylic acids is 1. The molecule has 1 fully saturated rings. The van der Waals surface area contributed by atoms with Gasteiger partial charge in [-0.15, -0.1) is 0 Å². The lowest BCUT2D eigenvalue weighted by Gasteiger charge is -2.41. The van der Waals surface area contributed by atoms with E-state index in [4.69, 9.17) is 22.4 Å². The number of halogens is 1. The fourth-order valence-electron chi connectivity index (χ4n) is 2.11. The average Bonchev–Trinajstić information content (AvgIpc) is 2.25. The van der Waals surface area contributed by atoms with Crippen molar-refractivity contribution in [1.29, 1.82) is 0 Å². The molecule has 0 aliphatic carbocycles. The normalized spacial score (nSPS) is 16.8. The van der Waals surface area contributed by atoms with E-state index in [9.17, 15) is 9.59 Å². The first-order valence-electron chi connectivity index (χ1n) is 5.96. The lowest BCUT2D eigenvalue weighted by atomic mass is 9.86. The standard InChI is InChI=1S/C13H15ClN2O3/c1-7(13(18)19)9-5-16(6-9)12(17)8-2-10(14)4-11(15)3-8/h2-4,7,9H,5-6,15H2,1H3,(H,18,19). The van der Waals surface area contributed by atoms with Crippen LogP contribution in [0.25, 0.3) is 0 Å². The van der Waals surface area contributed by atoms with Crippen LogP contribution < -0.4 is 5.73 Å². The average molecular weight is 283 g/mol. The van der Waals surface area contributed by atoms with Gasteiger partial charge in [0.25, 0.3) is 5.91 Å². The number of rotatable bonds is 3. The van der Waals surface area contributed by atoms with Gasteiger partial charge >= 0.3 is 5.97 Å². The largest absolute Gasteiger partial charge is 0.481 e. The number of benzene rings is 1. The van der Waals surface area contributed by atoms with Gasteiger partial charge < -0.3 is 15.7 Å². The predicted molar refractivity (Wildman–Crippen MR) is 72.1 cm³/mol. The molecule has 0 saturated carbocycles. The molecule has 1 amide bonds. The first-order valence-corrected chi connectivity index (χ1v) is 6.34. The Morgan fingerprint density at radius 1 is 1.42 bits per heavy atom. The van der Waals surface area contributed by atoms with E-state index in [1.807, 2.05) is 0 Å². The summed E-state index contributed by atoms with van der Waals surface area (Å²) in [5.41, 5.74) is 6.51. The molecule has 19 heavy (non-hydrogen) atoms. The number of nitrogen functional groups attached to an aromatic ring is 1. The predicted octanol–water partition coefficient (Wildman–Crippen LogP) is 1.71. The molecular weight excluding hydrogens is 268 g/mol. The van der Waals surface area contributed by atoms with Crippen LogP contribution in [0.4, 0.5) is 5.69 Å². The molecule has 1 aromatic carbocycles. The van der Waals surface area contributed by atoms with Crippen LogP contribution in [0.5, 0.6) is 0 Å². The fraction of sp³-hybridized carbons (Fsp3) is 0.385. The van der Waals surface area contributed by atoms with Gasteiger partial charge in [0.1, 0.15) is 0 Å². The van der Waals surface area contributed by atoms with Crippen molar-refractivity contribution in [2.75, 3.05) is 18.8 Å². The molecule has 1 unspecified atom stereocenters. The third kappa shape index (κ3) is 2.81. The van der Waals surface area contributed by atoms with Crippen molar-refractivity contribution < 1.29 is 14.7 Å². The first kappa shape index (κ1) is 13.7. The molecule has 1 atom stereocenters. The van der Waals surface area contributed by atoms with Crippen molar-refractivity contribution in [1.82, 2.24) is 4.90 Å². The Balaban J connectivity index is 2.02. The summed E-state index contributed by atoms with van der Waals surface area (Å²) in [6.45, 7) is 2.57. The number of hydrogen-bond donors (Lipinski definition) is 2. The molecular formula is C13H15ClN2O3. The number of nitrogens with zero attached hydrogens (tertiary/aromatic N) is 1. The number of nitrogens with two attached hydrogens (primary N) is 1. The smallest absolute Gasteiger partial charge is 0.306 e. The summed E-state index contributed by atoms with van der Waals surface area (Å²) < 4.78 is 0. The van der Waals surface area contributed by atoms with Crippen LogP contribution in [0.15, 0.2) is 18.2 Å². The van der Waals surface area contributed by atoms with Crippen molar-refractivity contribution >= 4 is 29.2 Å². The number of hydrogen-bond acceptors (Lipinski definition) is 3. The molecule has 1 aliphatic heterocycles. The van der Waals surface area contributed by atoms with Gasteiger partial charge in [-0.2, -0.15) is 0 Å². The van der Waals surface area contributed by atoms with Gasteiger partial charge in [0.05, 0.1) is 5.92 Å². The molecule has 1 aliphatic rings. The van der Waals surface area contributed by atoms with E-state index in [-0.39, 0.29) is 11.8 Å². The third-order valence-corrected chi connectivity index (χ3v) is 3.68. The monoisotopic (exact) mass is 282 g/mol. The first-order chi connectivity index (χ1) is 8.88. The van der Waals surface area contributed by atoms with Crippen LogP contribution in [0.2, 0.25) is 5.02 Å². The number of aliphatic carboxylic acids is 1. The maximum Gasteiger partial charge on any atom is 0.306 e. The zero-order valence-electron chi connectivity index (χ0n) is 10.5. The quantitative estimate of drug-likeness (QED) is 0.827. The summed E-state index contributed by atoms with van der Waals surface area (Å²) in [5.74, 6) is -1.42. The zero-order valence-corrected chi connectivity index (χ0v) is 11.2. The SMILES string of the molecule is CC(C(=O)O)C1CN(C(=O)c2cc(N)cc(Cl)c2)C1. The molecule has 1 heterocycles. The van der Waals surface area contributed by atoms with Gasteiger partial charge in [-0.25, -0.2) is 0 Å². The molecule has 0 spiro atoms. The number of carboxylic acid groups (broad SMARTS) is 1. The highest BCUT2D eigenvalue weighted by Crippen LogP contribution is 2.27. The summed E-state index contributed by atoms with van der Waals surface area (Å²) in [6, 6.07) is 4.71. The van der Waals surface area contributed by atoms with Gasteiger partial charge in [0.2, 0.25) is 0 Å². The number of anilines is 1. The lowest BCUT2D eigenvalue weighted by molar-refractivity contribution is -0.144. The Hall–Kier alpha value is -1.75. The molecule has 5 nitrogen and oxygen atoms in total. The van der Waals surface area contributed by atoms with Crippen LogP contribution >= 0.6 is 11.6 Å². The number of likely N-dealkylation sites (tertiary alicyclic amines) is 1. The van der Waals surface area contributed by atoms with E-state index in [2.05, 4.69) is 0 Å². The maximum atomic E-state index is 12.1. The zero-order chi connectivity index (χ0) is 14.2. The molecule has 2 rings (SSSR count). The highest BCUT2D eigenvalue weighted by Gasteiger charge is 2.37. The molecule has 3 N–H and O–H groups in total. The Morgan fingerprint density at radius 3 is 2.58 bits per heavy atom. The van der Waals surface area contributed by atoms with Crippen molar-refractivity contribution in [3.8, 4) is 0 Å². The van der Waals surface area contributed by atoms with E-state index >= 15 is 0 Å². The molecule has 0 aromatic heterocycles. The minimum atomic E-state index is -0.830. The second-order valence-corrected chi connectivity index (χ2v) is 5.31. The van der Waals surface area contributed by atoms with Gasteiger partial charge in [-0.3, -0.25) is 9.59 Å². The number of carbonyl (C=O) groups excluding carboxylic acids is 1. The maximum absolute atomic E-state index is 12.1. The highest BCUT2D eigenvalue weighted by molar-refractivity contribution is 6.31. The summed E-state index contributed by atoms with van der Waals surface area (Å²) >= 11 is 5.85. The van der Waals surface area contributed by atoms with Gasteiger partial charge in [0.15, 0.2) is 0 Å². The summed E-state index contributed by atoms with van der Waals surface area (Å²) in [6.07, 6.45) is 0. The number of carbonyl (C=O) groups is 2. The molecule has 0 bridgehead atoms. The van der Waals surface area contributed by atoms with E-state index in [1.54, 1.807) is 30.0 Å². The van der Waals surface area contributed by atoms with Crippen molar-refractivity contribution in [2.45, 2.75) is 6.92 Å². The lowest BCUT2D eigenvalue weighted by Crippen LogP contribution is -2.53. The molecule has 102 valence electrons. The van der Waals surface area contributed by atoms with E-state index < -0.39 is 11.9 Å². The van der Waals surface area contributed by atoms with E-state index in [0.717, 1.165) is 0 Å². The Bertz CT molecular complexity index is 506. The summed E-state index contributed by atoms with van der Waals surface area (Å²) in [7, 11) is 0. The van der Waals surface area contributed by atoms with Crippen LogP contribution in [0.3, 0.4) is 0 Å². The van der Waals surface area contributed by atoms with E-state index in [0.29, 0.717) is 29.4 Å². The highest BCUT2D eigenvalue weighted by atomic mass is 35.5. The van der Waals surface area contributed by atoms with Crippen molar-refractivity contribution in [2.24, 2.45) is 11.8 Å². The third-order valence-electron chi connectivity index (χ3n) is 3.46. The van der Waals surface area contributed by atoms with E-state index in [1.165, 1.54) is 0 Å². The molecule has 6 heteroatoms. The second kappa shape index (κ2) is 5.09. The van der Waals surface area contributed by atoms with Crippen LogP contribution in [-0.2, 0) is 4.79 Å². The Kier molecular flexibility index (Phi) is 3.66. The second-order valence-electron chi connectivity index (χ2n) is 4.87. The van der Waals surface area contributed by atoms with Crippen LogP contribution in [0.1, 0.15) is 17.3 Å². The van der Waals surface area contributed by atoms with Crippen LogP contribution in [-0.4, -0.2) is 35.0 Å². The topological polar surface area (TPSA) is 83.6 Å². The molecule has 1 saturated heterocycles.